The number of hydrogen-bond donors (Lipinski definition) is 1. The van der Waals surface area contributed by atoms with Crippen LogP contribution in [0.15, 0.2) is 24.3 Å². The number of aromatic nitrogens is 1. The number of benzene rings is 1. The molecule has 1 aromatic heterocycles. The number of hydrogen-bond acceptors (Lipinski definition) is 5. The number of anilines is 1. The van der Waals surface area contributed by atoms with Crippen molar-refractivity contribution in [2.75, 3.05) is 18.5 Å². The Morgan fingerprint density at radius 3 is 2.80 bits per heavy atom. The third-order valence-electron chi connectivity index (χ3n) is 5.72. The Labute approximate surface area is 175 Å². The van der Waals surface area contributed by atoms with Gasteiger partial charge in [-0.2, -0.15) is 10.5 Å². The third kappa shape index (κ3) is 4.03. The van der Waals surface area contributed by atoms with E-state index < -0.39 is 0 Å². The lowest BCUT2D eigenvalue weighted by molar-refractivity contribution is -0.118. The molecule has 1 aliphatic carbocycles. The molecule has 1 aliphatic heterocycles. The summed E-state index contributed by atoms with van der Waals surface area (Å²) in [4.78, 5) is 12.7. The zero-order valence-corrected chi connectivity index (χ0v) is 16.8. The summed E-state index contributed by atoms with van der Waals surface area (Å²) in [6.45, 7) is 1.16. The molecule has 154 valence electrons. The van der Waals surface area contributed by atoms with Gasteiger partial charge in [0.25, 0.3) is 5.91 Å². The van der Waals surface area contributed by atoms with Gasteiger partial charge in [-0.25, -0.2) is 0 Å². The second-order valence-corrected chi connectivity index (χ2v) is 7.66. The van der Waals surface area contributed by atoms with E-state index in [4.69, 9.17) is 9.47 Å². The van der Waals surface area contributed by atoms with E-state index in [1.807, 2.05) is 0 Å². The quantitative estimate of drug-likeness (QED) is 0.796. The van der Waals surface area contributed by atoms with Crippen molar-refractivity contribution in [3.63, 3.8) is 0 Å². The van der Waals surface area contributed by atoms with Crippen LogP contribution in [0.2, 0.25) is 0 Å². The summed E-state index contributed by atoms with van der Waals surface area (Å²) in [5.41, 5.74) is 3.11. The summed E-state index contributed by atoms with van der Waals surface area (Å²) in [7, 11) is 0. The number of carbonyl (C=O) groups is 1. The van der Waals surface area contributed by atoms with Crippen molar-refractivity contribution in [1.82, 2.24) is 4.57 Å². The van der Waals surface area contributed by atoms with Gasteiger partial charge in [-0.1, -0.05) is 12.1 Å². The smallest absolute Gasteiger partial charge is 0.263 e. The van der Waals surface area contributed by atoms with E-state index in [0.717, 1.165) is 56.4 Å². The van der Waals surface area contributed by atoms with E-state index in [9.17, 15) is 15.3 Å². The molecule has 1 atom stereocenters. The maximum Gasteiger partial charge on any atom is 0.263 e. The highest BCUT2D eigenvalue weighted by molar-refractivity contribution is 5.93. The Morgan fingerprint density at radius 1 is 1.20 bits per heavy atom. The molecule has 2 aromatic rings. The average molecular weight is 404 g/mol. The lowest BCUT2D eigenvalue weighted by Gasteiger charge is -2.20. The van der Waals surface area contributed by atoms with Crippen LogP contribution >= 0.6 is 0 Å². The van der Waals surface area contributed by atoms with Crippen molar-refractivity contribution in [2.45, 2.75) is 51.2 Å². The first-order chi connectivity index (χ1) is 14.7. The molecule has 2 heterocycles. The lowest BCUT2D eigenvalue weighted by Crippen LogP contribution is -2.25. The molecule has 1 amide bonds. The molecule has 1 N–H and O–H groups in total. The SMILES string of the molecule is N#Cc1ccccc1OCC(=O)Nc1c(C#N)c2c(n1C[C@@H]1CCCO1)CCCC2. The first-order valence-corrected chi connectivity index (χ1v) is 10.4. The fraction of sp³-hybridized carbons (Fsp3) is 0.435. The number of nitrogens with zero attached hydrogens (tertiary/aromatic N) is 3. The summed E-state index contributed by atoms with van der Waals surface area (Å²) in [5.74, 6) is 0.550. The van der Waals surface area contributed by atoms with Gasteiger partial charge in [0, 0.05) is 12.3 Å². The molecule has 0 radical (unpaired) electrons. The van der Waals surface area contributed by atoms with Crippen LogP contribution in [-0.2, 0) is 28.9 Å². The van der Waals surface area contributed by atoms with Gasteiger partial charge >= 0.3 is 0 Å². The second kappa shape index (κ2) is 9.02. The van der Waals surface area contributed by atoms with E-state index in [1.54, 1.807) is 24.3 Å². The van der Waals surface area contributed by atoms with Crippen molar-refractivity contribution in [1.29, 1.82) is 10.5 Å². The minimum absolute atomic E-state index is 0.101. The number of carbonyl (C=O) groups excluding carboxylic acids is 1. The molecule has 0 unspecified atom stereocenters. The fourth-order valence-corrected chi connectivity index (χ4v) is 4.31. The van der Waals surface area contributed by atoms with Crippen molar-refractivity contribution in [2.24, 2.45) is 0 Å². The van der Waals surface area contributed by atoms with Crippen LogP contribution in [0, 0.1) is 22.7 Å². The predicted molar refractivity (Wildman–Crippen MR) is 110 cm³/mol. The van der Waals surface area contributed by atoms with Gasteiger partial charge in [0.15, 0.2) is 6.61 Å². The summed E-state index contributed by atoms with van der Waals surface area (Å²) in [6.07, 6.45) is 6.00. The van der Waals surface area contributed by atoms with Crippen LogP contribution in [-0.4, -0.2) is 29.8 Å². The molecule has 7 heteroatoms. The van der Waals surface area contributed by atoms with Gasteiger partial charge in [0.05, 0.1) is 23.8 Å². The van der Waals surface area contributed by atoms with Gasteiger partial charge in [0.2, 0.25) is 0 Å². The summed E-state index contributed by atoms with van der Waals surface area (Å²) in [5, 5.41) is 21.9. The molecule has 2 aliphatic rings. The highest BCUT2D eigenvalue weighted by atomic mass is 16.5. The lowest BCUT2D eigenvalue weighted by atomic mass is 9.95. The van der Waals surface area contributed by atoms with Crippen molar-refractivity contribution in [3.8, 4) is 17.9 Å². The molecule has 0 spiro atoms. The Bertz CT molecular complexity index is 1020. The van der Waals surface area contributed by atoms with E-state index in [0.29, 0.717) is 29.2 Å². The third-order valence-corrected chi connectivity index (χ3v) is 5.72. The van der Waals surface area contributed by atoms with E-state index in [1.165, 1.54) is 0 Å². The van der Waals surface area contributed by atoms with Crippen LogP contribution in [0.1, 0.15) is 48.1 Å². The number of rotatable bonds is 6. The summed E-state index contributed by atoms with van der Waals surface area (Å²) < 4.78 is 13.4. The van der Waals surface area contributed by atoms with E-state index in [2.05, 4.69) is 22.0 Å². The Kier molecular flexibility index (Phi) is 6.02. The number of fused-ring (bicyclic) bond motifs is 1. The largest absolute Gasteiger partial charge is 0.482 e. The molecule has 7 nitrogen and oxygen atoms in total. The zero-order valence-electron chi connectivity index (χ0n) is 16.8. The Morgan fingerprint density at radius 2 is 2.03 bits per heavy atom. The standard InChI is InChI=1S/C23H24N4O3/c24-12-16-6-1-4-10-21(16)30-15-22(28)26-23-19(13-25)18-8-2-3-9-20(18)27(23)14-17-7-5-11-29-17/h1,4,6,10,17H,2-3,5,7-9,11,14-15H2,(H,26,28)/t17-/m0/s1. The molecule has 0 bridgehead atoms. The molecular formula is C23H24N4O3. The number of para-hydroxylation sites is 1. The topological polar surface area (TPSA) is 100 Å². The average Bonchev–Trinajstić information content (AvgIpc) is 3.39. The predicted octanol–water partition coefficient (Wildman–Crippen LogP) is 3.31. The number of amides is 1. The molecule has 1 saturated heterocycles. The van der Waals surface area contributed by atoms with Crippen LogP contribution in [0.4, 0.5) is 5.82 Å². The van der Waals surface area contributed by atoms with Crippen LogP contribution in [0.5, 0.6) is 5.75 Å². The van der Waals surface area contributed by atoms with E-state index >= 15 is 0 Å². The van der Waals surface area contributed by atoms with Crippen LogP contribution in [0.3, 0.4) is 0 Å². The van der Waals surface area contributed by atoms with E-state index in [-0.39, 0.29) is 18.6 Å². The highest BCUT2D eigenvalue weighted by Crippen LogP contribution is 2.34. The van der Waals surface area contributed by atoms with Gasteiger partial charge in [-0.3, -0.25) is 4.79 Å². The normalized spacial score (nSPS) is 17.6. The molecule has 4 rings (SSSR count). The van der Waals surface area contributed by atoms with Gasteiger partial charge in [-0.05, 0) is 56.2 Å². The van der Waals surface area contributed by atoms with Gasteiger partial charge in [-0.15, -0.1) is 0 Å². The maximum absolute atomic E-state index is 12.7. The monoisotopic (exact) mass is 404 g/mol. The van der Waals surface area contributed by atoms with Crippen molar-refractivity contribution >= 4 is 11.7 Å². The molecule has 1 fully saturated rings. The first-order valence-electron chi connectivity index (χ1n) is 10.4. The highest BCUT2D eigenvalue weighted by Gasteiger charge is 2.28. The number of nitriles is 2. The summed E-state index contributed by atoms with van der Waals surface area (Å²) in [6, 6.07) is 11.2. The van der Waals surface area contributed by atoms with Crippen molar-refractivity contribution < 1.29 is 14.3 Å². The molecular weight excluding hydrogens is 380 g/mol. The number of nitrogens with one attached hydrogen (secondary N) is 1. The van der Waals surface area contributed by atoms with Crippen LogP contribution in [0.25, 0.3) is 0 Å². The minimum atomic E-state index is -0.359. The first kappa shape index (κ1) is 20.0. The maximum atomic E-state index is 12.7. The Hall–Kier alpha value is -3.29. The second-order valence-electron chi connectivity index (χ2n) is 7.66. The van der Waals surface area contributed by atoms with Crippen molar-refractivity contribution in [3.05, 3.63) is 46.6 Å². The minimum Gasteiger partial charge on any atom is -0.482 e. The van der Waals surface area contributed by atoms with Gasteiger partial charge in [0.1, 0.15) is 23.7 Å². The fourth-order valence-electron chi connectivity index (χ4n) is 4.31. The van der Waals surface area contributed by atoms with Gasteiger partial charge < -0.3 is 19.4 Å². The summed E-state index contributed by atoms with van der Waals surface area (Å²) >= 11 is 0. The molecule has 0 saturated carbocycles. The number of ether oxygens (including phenoxy) is 2. The Balaban J connectivity index is 1.56. The zero-order chi connectivity index (χ0) is 20.9. The molecule has 1 aromatic carbocycles. The van der Waals surface area contributed by atoms with Crippen LogP contribution < -0.4 is 10.1 Å². The molecule has 30 heavy (non-hydrogen) atoms.